The van der Waals surface area contributed by atoms with Crippen molar-refractivity contribution in [2.45, 2.75) is 13.5 Å². The third-order valence-electron chi connectivity index (χ3n) is 4.98. The second kappa shape index (κ2) is 7.60. The van der Waals surface area contributed by atoms with Crippen LogP contribution >= 0.6 is 11.3 Å². The molecule has 4 aromatic rings. The van der Waals surface area contributed by atoms with Crippen molar-refractivity contribution in [2.75, 3.05) is 6.79 Å². The highest BCUT2D eigenvalue weighted by molar-refractivity contribution is 7.07. The average Bonchev–Trinajstić information content (AvgIpc) is 3.37. The predicted octanol–water partition coefficient (Wildman–Crippen LogP) is 5.53. The summed E-state index contributed by atoms with van der Waals surface area (Å²) in [5.74, 6) is 1.61. The Morgan fingerprint density at radius 2 is 1.72 bits per heavy atom. The molecule has 0 aliphatic carbocycles. The molecule has 4 nitrogen and oxygen atoms in total. The zero-order valence-corrected chi connectivity index (χ0v) is 16.9. The largest absolute Gasteiger partial charge is 0.454 e. The summed E-state index contributed by atoms with van der Waals surface area (Å²) in [7, 11) is 0. The van der Waals surface area contributed by atoms with Crippen molar-refractivity contribution in [3.63, 3.8) is 0 Å². The summed E-state index contributed by atoms with van der Waals surface area (Å²) in [6, 6.07) is 24.8. The van der Waals surface area contributed by atoms with E-state index in [0.29, 0.717) is 6.54 Å². The molecule has 1 aliphatic heterocycles. The van der Waals surface area contributed by atoms with Crippen LogP contribution < -0.4 is 14.3 Å². The van der Waals surface area contributed by atoms with E-state index in [9.17, 15) is 0 Å². The molecule has 0 amide bonds. The van der Waals surface area contributed by atoms with Gasteiger partial charge < -0.3 is 14.0 Å². The monoisotopic (exact) mass is 400 g/mol. The van der Waals surface area contributed by atoms with Gasteiger partial charge in [-0.05, 0) is 41.8 Å². The van der Waals surface area contributed by atoms with Crippen molar-refractivity contribution < 1.29 is 9.47 Å². The fourth-order valence-corrected chi connectivity index (χ4v) is 4.35. The first-order valence-corrected chi connectivity index (χ1v) is 10.4. The number of aromatic nitrogens is 1. The van der Waals surface area contributed by atoms with Crippen LogP contribution in [0, 0.1) is 6.92 Å². The molecule has 1 aliphatic rings. The molecule has 5 heteroatoms. The van der Waals surface area contributed by atoms with Gasteiger partial charge in [-0.25, -0.2) is 4.99 Å². The molecule has 2 heterocycles. The summed E-state index contributed by atoms with van der Waals surface area (Å²) < 4.78 is 13.3. The molecule has 0 unspecified atom stereocenters. The Morgan fingerprint density at radius 1 is 0.931 bits per heavy atom. The molecule has 0 saturated carbocycles. The Morgan fingerprint density at radius 3 is 2.59 bits per heavy atom. The first-order chi connectivity index (χ1) is 14.3. The van der Waals surface area contributed by atoms with Crippen LogP contribution in [0.3, 0.4) is 0 Å². The highest BCUT2D eigenvalue weighted by Crippen LogP contribution is 2.33. The van der Waals surface area contributed by atoms with Gasteiger partial charge in [0.15, 0.2) is 16.3 Å². The molecule has 1 aromatic heterocycles. The van der Waals surface area contributed by atoms with E-state index in [2.05, 4.69) is 65.4 Å². The molecule has 5 rings (SSSR count). The van der Waals surface area contributed by atoms with Crippen molar-refractivity contribution >= 4 is 17.0 Å². The minimum Gasteiger partial charge on any atom is -0.454 e. The molecule has 0 N–H and O–H groups in total. The molecule has 29 heavy (non-hydrogen) atoms. The number of ether oxygens (including phenoxy) is 2. The lowest BCUT2D eigenvalue weighted by molar-refractivity contribution is 0.174. The third-order valence-corrected chi connectivity index (χ3v) is 5.84. The van der Waals surface area contributed by atoms with Gasteiger partial charge in [0, 0.05) is 5.38 Å². The summed E-state index contributed by atoms with van der Waals surface area (Å²) in [6.07, 6.45) is 0. The number of aryl methyl sites for hydroxylation is 1. The normalized spacial score (nSPS) is 13.1. The quantitative estimate of drug-likeness (QED) is 0.451. The molecule has 0 radical (unpaired) electrons. The topological polar surface area (TPSA) is 35.8 Å². The van der Waals surface area contributed by atoms with Crippen LogP contribution in [0.15, 0.2) is 83.2 Å². The Balaban J connectivity index is 1.63. The van der Waals surface area contributed by atoms with E-state index in [4.69, 9.17) is 14.5 Å². The number of hydrogen-bond acceptors (Lipinski definition) is 4. The zero-order chi connectivity index (χ0) is 19.6. The van der Waals surface area contributed by atoms with Crippen LogP contribution in [0.5, 0.6) is 11.5 Å². The first-order valence-electron chi connectivity index (χ1n) is 9.50. The Labute approximate surface area is 173 Å². The number of rotatable bonds is 4. The van der Waals surface area contributed by atoms with Crippen LogP contribution in [-0.2, 0) is 6.54 Å². The van der Waals surface area contributed by atoms with Gasteiger partial charge >= 0.3 is 0 Å². The van der Waals surface area contributed by atoms with Crippen molar-refractivity contribution in [3.8, 4) is 22.8 Å². The average molecular weight is 401 g/mol. The maximum atomic E-state index is 5.56. The molecule has 3 aromatic carbocycles. The number of benzene rings is 3. The Kier molecular flexibility index (Phi) is 4.66. The van der Waals surface area contributed by atoms with E-state index in [-0.39, 0.29) is 6.79 Å². The standard InChI is InChI=1S/C24H20N2O2S/c1-17-7-5-6-10-20(17)25-24-26(21(15-29-24)19-8-3-2-4-9-19)14-18-11-12-22-23(13-18)28-16-27-22/h2-13,15H,14,16H2,1H3. The molecule has 144 valence electrons. The van der Waals surface area contributed by atoms with Crippen LogP contribution in [0.2, 0.25) is 0 Å². The summed E-state index contributed by atoms with van der Waals surface area (Å²) in [5, 5.41) is 2.18. The van der Waals surface area contributed by atoms with E-state index < -0.39 is 0 Å². The highest BCUT2D eigenvalue weighted by Gasteiger charge is 2.15. The fraction of sp³-hybridized carbons (Fsp3) is 0.125. The summed E-state index contributed by atoms with van der Waals surface area (Å²) in [5.41, 5.74) is 5.64. The van der Waals surface area contributed by atoms with Crippen LogP contribution in [-0.4, -0.2) is 11.4 Å². The second-order valence-electron chi connectivity index (χ2n) is 6.94. The van der Waals surface area contributed by atoms with E-state index in [0.717, 1.165) is 38.8 Å². The minimum atomic E-state index is 0.285. The van der Waals surface area contributed by atoms with Gasteiger partial charge in [-0.15, -0.1) is 11.3 Å². The lowest BCUT2D eigenvalue weighted by atomic mass is 10.1. The van der Waals surface area contributed by atoms with Crippen molar-refractivity contribution in [3.05, 3.63) is 94.1 Å². The summed E-state index contributed by atoms with van der Waals surface area (Å²) in [4.78, 5) is 5.95. The molecule has 0 bridgehead atoms. The smallest absolute Gasteiger partial charge is 0.231 e. The van der Waals surface area contributed by atoms with Crippen molar-refractivity contribution in [2.24, 2.45) is 4.99 Å². The van der Waals surface area contributed by atoms with Gasteiger partial charge in [0.25, 0.3) is 0 Å². The maximum absolute atomic E-state index is 5.56. The number of para-hydroxylation sites is 1. The zero-order valence-electron chi connectivity index (χ0n) is 16.0. The van der Waals surface area contributed by atoms with Crippen LogP contribution in [0.4, 0.5) is 5.69 Å². The fourth-order valence-electron chi connectivity index (χ4n) is 3.42. The highest BCUT2D eigenvalue weighted by atomic mass is 32.1. The predicted molar refractivity (Wildman–Crippen MR) is 116 cm³/mol. The summed E-state index contributed by atoms with van der Waals surface area (Å²) in [6.45, 7) is 3.08. The van der Waals surface area contributed by atoms with Gasteiger partial charge in [0.05, 0.1) is 17.9 Å². The van der Waals surface area contributed by atoms with Gasteiger partial charge in [0.2, 0.25) is 6.79 Å². The van der Waals surface area contributed by atoms with E-state index in [1.165, 1.54) is 5.56 Å². The second-order valence-corrected chi connectivity index (χ2v) is 7.78. The molecule has 0 saturated heterocycles. The van der Waals surface area contributed by atoms with Crippen molar-refractivity contribution in [1.29, 1.82) is 0 Å². The van der Waals surface area contributed by atoms with Gasteiger partial charge in [0.1, 0.15) is 0 Å². The SMILES string of the molecule is Cc1ccccc1N=c1scc(-c2ccccc2)n1Cc1ccc2c(c1)OCO2. The number of hydrogen-bond donors (Lipinski definition) is 0. The Hall–Kier alpha value is -3.31. The Bertz CT molecular complexity index is 1230. The first kappa shape index (κ1) is 17.8. The van der Waals surface area contributed by atoms with E-state index in [1.54, 1.807) is 11.3 Å². The van der Waals surface area contributed by atoms with Gasteiger partial charge in [-0.2, -0.15) is 0 Å². The third kappa shape index (κ3) is 3.57. The lowest BCUT2D eigenvalue weighted by Gasteiger charge is -2.10. The molecular formula is C24H20N2O2S. The summed E-state index contributed by atoms with van der Waals surface area (Å²) >= 11 is 1.66. The van der Waals surface area contributed by atoms with Gasteiger partial charge in [-0.3, -0.25) is 0 Å². The van der Waals surface area contributed by atoms with E-state index in [1.807, 2.05) is 24.3 Å². The molecule has 0 spiro atoms. The lowest BCUT2D eigenvalue weighted by Crippen LogP contribution is -2.16. The molecule has 0 atom stereocenters. The van der Waals surface area contributed by atoms with Crippen LogP contribution in [0.25, 0.3) is 11.3 Å². The molecule has 0 fully saturated rings. The maximum Gasteiger partial charge on any atom is 0.231 e. The number of thiazole rings is 1. The molecular weight excluding hydrogens is 380 g/mol. The van der Waals surface area contributed by atoms with Crippen LogP contribution in [0.1, 0.15) is 11.1 Å². The number of fused-ring (bicyclic) bond motifs is 1. The van der Waals surface area contributed by atoms with Crippen molar-refractivity contribution in [1.82, 2.24) is 4.57 Å². The number of nitrogens with zero attached hydrogens (tertiary/aromatic N) is 2. The minimum absolute atomic E-state index is 0.285. The van der Waals surface area contributed by atoms with E-state index >= 15 is 0 Å². The van der Waals surface area contributed by atoms with Gasteiger partial charge in [-0.1, -0.05) is 54.6 Å².